The molecule has 0 bridgehead atoms. The Morgan fingerprint density at radius 1 is 0.979 bits per heavy atom. The molecule has 1 fully saturated rings. The SMILES string of the molecule is C=C(N)C(C)CCN.CC.CC.CN(CCN1CCC(OC(=O)Nc2ccccc2-c2ccccc2)CC1)C(=O)c1ccc(C=O)cc1. The van der Waals surface area contributed by atoms with Crippen molar-refractivity contribution in [1.82, 2.24) is 9.80 Å². The van der Waals surface area contributed by atoms with Gasteiger partial charge in [-0.25, -0.2) is 4.79 Å². The molecule has 9 heteroatoms. The minimum absolute atomic E-state index is 0.0712. The summed E-state index contributed by atoms with van der Waals surface area (Å²) in [5.41, 5.74) is 15.2. The normalized spacial score (nSPS) is 13.1. The number of carbonyl (C=O) groups is 3. The third kappa shape index (κ3) is 14.5. The van der Waals surface area contributed by atoms with Crippen molar-refractivity contribution in [2.75, 3.05) is 45.1 Å². The number of carbonyl (C=O) groups excluding carboxylic acids is 3. The van der Waals surface area contributed by atoms with E-state index in [1.54, 1.807) is 36.2 Å². The first kappa shape index (κ1) is 41.6. The lowest BCUT2D eigenvalue weighted by Crippen LogP contribution is -2.42. The van der Waals surface area contributed by atoms with Crippen LogP contribution in [0.25, 0.3) is 11.1 Å². The van der Waals surface area contributed by atoms with E-state index in [-0.39, 0.29) is 12.0 Å². The van der Waals surface area contributed by atoms with Crippen molar-refractivity contribution in [2.45, 2.75) is 60.0 Å². The van der Waals surface area contributed by atoms with Gasteiger partial charge in [0, 0.05) is 55.6 Å². The zero-order valence-corrected chi connectivity index (χ0v) is 29.8. The second-order valence-corrected chi connectivity index (χ2v) is 11.0. The topological polar surface area (TPSA) is 131 Å². The highest BCUT2D eigenvalue weighted by molar-refractivity contribution is 5.94. The molecule has 262 valence electrons. The van der Waals surface area contributed by atoms with Crippen molar-refractivity contribution in [1.29, 1.82) is 0 Å². The highest BCUT2D eigenvalue weighted by Crippen LogP contribution is 2.28. The van der Waals surface area contributed by atoms with E-state index in [0.29, 0.717) is 30.1 Å². The number of amides is 2. The standard InChI is InChI=1S/C29H31N3O4.C6H14N2.2C2H6/c1-31(28(34)24-13-11-22(21-33)12-14-24)19-20-32-17-15-25(16-18-32)36-29(35)30-27-10-6-5-9-26(27)23-7-3-2-4-8-23;1-5(3-4-7)6(2)8;2*1-2/h2-14,21,25H,15-20H2,1H3,(H,30,35);5H,2-4,7-8H2,1H3;2*1-2H3. The molecule has 0 aliphatic carbocycles. The molecule has 1 saturated heterocycles. The van der Waals surface area contributed by atoms with Gasteiger partial charge >= 0.3 is 6.09 Å². The van der Waals surface area contributed by atoms with Crippen LogP contribution in [0.4, 0.5) is 10.5 Å². The fourth-order valence-corrected chi connectivity index (χ4v) is 4.76. The molecule has 0 radical (unpaired) electrons. The molecule has 1 aliphatic rings. The second-order valence-electron chi connectivity index (χ2n) is 11.0. The number of piperidine rings is 1. The summed E-state index contributed by atoms with van der Waals surface area (Å²) in [6.07, 6.45) is 2.62. The van der Waals surface area contributed by atoms with E-state index in [1.807, 2.05) is 89.2 Å². The molecule has 5 N–H and O–H groups in total. The fourth-order valence-electron chi connectivity index (χ4n) is 4.76. The molecule has 2 amide bonds. The third-order valence-electron chi connectivity index (χ3n) is 7.68. The molecular weight excluding hydrogens is 602 g/mol. The predicted molar refractivity (Wildman–Crippen MR) is 199 cm³/mol. The van der Waals surface area contributed by atoms with Crippen LogP contribution in [-0.2, 0) is 4.74 Å². The number of rotatable bonds is 11. The number of nitrogens with two attached hydrogens (primary N) is 2. The van der Waals surface area contributed by atoms with Gasteiger partial charge in [0.05, 0.1) is 5.69 Å². The number of aldehydes is 1. The van der Waals surface area contributed by atoms with Crippen molar-refractivity contribution in [3.8, 4) is 11.1 Å². The maximum Gasteiger partial charge on any atom is 0.411 e. The number of nitrogens with one attached hydrogen (secondary N) is 1. The Hall–Kier alpha value is -4.47. The molecule has 0 saturated carbocycles. The molecule has 1 atom stereocenters. The highest BCUT2D eigenvalue weighted by Gasteiger charge is 2.23. The Morgan fingerprint density at radius 2 is 1.56 bits per heavy atom. The third-order valence-corrected chi connectivity index (χ3v) is 7.68. The Morgan fingerprint density at radius 3 is 2.10 bits per heavy atom. The van der Waals surface area contributed by atoms with E-state index in [4.69, 9.17) is 16.2 Å². The quantitative estimate of drug-likeness (QED) is 0.182. The van der Waals surface area contributed by atoms with Crippen LogP contribution in [-0.4, -0.2) is 74.0 Å². The van der Waals surface area contributed by atoms with E-state index in [2.05, 4.69) is 16.8 Å². The number of likely N-dealkylation sites (N-methyl/N-ethyl adjacent to an activating group) is 1. The lowest BCUT2D eigenvalue weighted by molar-refractivity contribution is 0.0540. The zero-order valence-electron chi connectivity index (χ0n) is 29.8. The van der Waals surface area contributed by atoms with Crippen molar-refractivity contribution in [3.63, 3.8) is 0 Å². The molecule has 48 heavy (non-hydrogen) atoms. The summed E-state index contributed by atoms with van der Waals surface area (Å²) < 4.78 is 5.71. The minimum atomic E-state index is -0.442. The zero-order chi connectivity index (χ0) is 35.9. The van der Waals surface area contributed by atoms with Crippen molar-refractivity contribution in [3.05, 3.63) is 102 Å². The molecule has 3 aromatic rings. The summed E-state index contributed by atoms with van der Waals surface area (Å²) in [4.78, 5) is 40.0. The summed E-state index contributed by atoms with van der Waals surface area (Å²) in [5, 5.41) is 2.90. The number of ether oxygens (including phenoxy) is 1. The van der Waals surface area contributed by atoms with Gasteiger partial charge in [0.15, 0.2) is 0 Å². The maximum absolute atomic E-state index is 12.6. The molecule has 0 spiro atoms. The number of para-hydroxylation sites is 1. The number of anilines is 1. The van der Waals surface area contributed by atoms with Gasteiger partial charge < -0.3 is 26.0 Å². The van der Waals surface area contributed by atoms with E-state index in [0.717, 1.165) is 67.7 Å². The van der Waals surface area contributed by atoms with Crippen LogP contribution in [0.1, 0.15) is 74.6 Å². The van der Waals surface area contributed by atoms with Gasteiger partial charge in [-0.3, -0.25) is 14.9 Å². The summed E-state index contributed by atoms with van der Waals surface area (Å²) in [6.45, 7) is 17.3. The van der Waals surface area contributed by atoms with Gasteiger partial charge in [-0.15, -0.1) is 0 Å². The number of hydrogen-bond donors (Lipinski definition) is 3. The lowest BCUT2D eigenvalue weighted by atomic mass is 10.0. The van der Waals surface area contributed by atoms with Crippen molar-refractivity contribution in [2.24, 2.45) is 17.4 Å². The largest absolute Gasteiger partial charge is 0.446 e. The van der Waals surface area contributed by atoms with Crippen LogP contribution in [0.3, 0.4) is 0 Å². The van der Waals surface area contributed by atoms with E-state index >= 15 is 0 Å². The van der Waals surface area contributed by atoms with Gasteiger partial charge in [-0.05, 0) is 55.5 Å². The summed E-state index contributed by atoms with van der Waals surface area (Å²) >= 11 is 0. The number of likely N-dealkylation sites (tertiary alicyclic amines) is 1. The Balaban J connectivity index is 0.000000832. The molecule has 4 rings (SSSR count). The van der Waals surface area contributed by atoms with Gasteiger partial charge in [-0.2, -0.15) is 0 Å². The predicted octanol–water partition coefficient (Wildman–Crippen LogP) is 7.45. The minimum Gasteiger partial charge on any atom is -0.446 e. The van der Waals surface area contributed by atoms with Crippen LogP contribution in [0, 0.1) is 5.92 Å². The van der Waals surface area contributed by atoms with Crippen LogP contribution >= 0.6 is 0 Å². The smallest absolute Gasteiger partial charge is 0.411 e. The Labute approximate surface area is 288 Å². The number of nitrogens with zero attached hydrogens (tertiary/aromatic N) is 2. The first-order chi connectivity index (χ1) is 23.2. The van der Waals surface area contributed by atoms with E-state index in [9.17, 15) is 14.4 Å². The van der Waals surface area contributed by atoms with Crippen molar-refractivity contribution >= 4 is 24.0 Å². The molecule has 1 unspecified atom stereocenters. The number of hydrogen-bond acceptors (Lipinski definition) is 7. The Kier molecular flexibility index (Phi) is 20.6. The molecule has 1 heterocycles. The number of benzene rings is 3. The van der Waals surface area contributed by atoms with Gasteiger partial charge in [0.25, 0.3) is 5.91 Å². The second kappa shape index (κ2) is 23.8. The molecule has 0 aromatic heterocycles. The van der Waals surface area contributed by atoms with Gasteiger partial charge in [0.2, 0.25) is 0 Å². The van der Waals surface area contributed by atoms with E-state index in [1.165, 1.54) is 0 Å². The fraction of sp³-hybridized carbons (Fsp3) is 0.410. The average Bonchev–Trinajstić information content (AvgIpc) is 3.13. The summed E-state index contributed by atoms with van der Waals surface area (Å²) in [5.74, 6) is 0.304. The molecule has 9 nitrogen and oxygen atoms in total. The highest BCUT2D eigenvalue weighted by atomic mass is 16.6. The van der Waals surface area contributed by atoms with Crippen LogP contribution in [0.15, 0.2) is 91.1 Å². The molecular formula is C39H57N5O4. The number of allylic oxidation sites excluding steroid dienone is 1. The van der Waals surface area contributed by atoms with Crippen LogP contribution in [0.5, 0.6) is 0 Å². The van der Waals surface area contributed by atoms with E-state index < -0.39 is 6.09 Å². The summed E-state index contributed by atoms with van der Waals surface area (Å²) in [7, 11) is 1.78. The molecule has 1 aliphatic heterocycles. The van der Waals surface area contributed by atoms with Crippen LogP contribution < -0.4 is 16.8 Å². The lowest BCUT2D eigenvalue weighted by Gasteiger charge is -2.32. The average molecular weight is 660 g/mol. The van der Waals surface area contributed by atoms with Crippen molar-refractivity contribution < 1.29 is 19.1 Å². The maximum atomic E-state index is 12.6. The Bertz CT molecular complexity index is 1360. The summed E-state index contributed by atoms with van der Waals surface area (Å²) in [6, 6.07) is 24.3. The first-order valence-electron chi connectivity index (χ1n) is 17.0. The van der Waals surface area contributed by atoms with Gasteiger partial charge in [-0.1, -0.05) is 102 Å². The van der Waals surface area contributed by atoms with Crippen LogP contribution in [0.2, 0.25) is 0 Å². The van der Waals surface area contributed by atoms with Gasteiger partial charge in [0.1, 0.15) is 12.4 Å². The molecule has 3 aromatic carbocycles. The first-order valence-corrected chi connectivity index (χ1v) is 17.0. The monoisotopic (exact) mass is 659 g/mol.